The van der Waals surface area contributed by atoms with Gasteiger partial charge in [0.2, 0.25) is 5.91 Å². The lowest BCUT2D eigenvalue weighted by atomic mass is 10.1. The fourth-order valence-electron chi connectivity index (χ4n) is 2.40. The van der Waals surface area contributed by atoms with E-state index in [1.54, 1.807) is 18.8 Å². The van der Waals surface area contributed by atoms with Crippen molar-refractivity contribution in [2.24, 2.45) is 0 Å². The highest BCUT2D eigenvalue weighted by atomic mass is 32.2. The third-order valence-corrected chi connectivity index (χ3v) is 4.67. The maximum absolute atomic E-state index is 12.5. The second-order valence-corrected chi connectivity index (χ2v) is 8.31. The van der Waals surface area contributed by atoms with E-state index >= 15 is 0 Å². The Kier molecular flexibility index (Phi) is 6.86. The van der Waals surface area contributed by atoms with Crippen LogP contribution in [0.5, 0.6) is 0 Å². The summed E-state index contributed by atoms with van der Waals surface area (Å²) in [5, 5.41) is 2.86. The Morgan fingerprint density at radius 2 is 1.62 bits per heavy atom. The standard InChI is InChI=1S/C21H26N2O2S/c1-21(2,3)22-19(24)14-23(4)20(25)17-10-12-18(13-11-17)26-15-16-8-6-5-7-9-16/h5-13H,14-15H2,1-4H3,(H,22,24). The van der Waals surface area contributed by atoms with Crippen molar-refractivity contribution in [2.75, 3.05) is 13.6 Å². The second kappa shape index (κ2) is 8.90. The van der Waals surface area contributed by atoms with Gasteiger partial charge in [-0.05, 0) is 50.6 Å². The summed E-state index contributed by atoms with van der Waals surface area (Å²) in [6.45, 7) is 5.79. The average Bonchev–Trinajstić information content (AvgIpc) is 2.59. The van der Waals surface area contributed by atoms with Crippen molar-refractivity contribution in [1.29, 1.82) is 0 Å². The number of rotatable bonds is 6. The summed E-state index contributed by atoms with van der Waals surface area (Å²) in [7, 11) is 1.64. The summed E-state index contributed by atoms with van der Waals surface area (Å²) < 4.78 is 0. The Morgan fingerprint density at radius 1 is 1.00 bits per heavy atom. The number of nitrogens with zero attached hydrogens (tertiary/aromatic N) is 1. The Morgan fingerprint density at radius 3 is 2.19 bits per heavy atom. The van der Waals surface area contributed by atoms with Crippen molar-refractivity contribution < 1.29 is 9.59 Å². The van der Waals surface area contributed by atoms with Gasteiger partial charge in [-0.25, -0.2) is 0 Å². The van der Waals surface area contributed by atoms with E-state index in [1.807, 2.05) is 63.2 Å². The molecule has 0 atom stereocenters. The third-order valence-electron chi connectivity index (χ3n) is 3.59. The minimum Gasteiger partial charge on any atom is -0.350 e. The van der Waals surface area contributed by atoms with E-state index < -0.39 is 0 Å². The zero-order valence-electron chi connectivity index (χ0n) is 15.8. The minimum absolute atomic E-state index is 0.0423. The summed E-state index contributed by atoms with van der Waals surface area (Å²) >= 11 is 1.73. The molecule has 0 aliphatic heterocycles. The molecule has 0 aliphatic carbocycles. The molecule has 0 aliphatic rings. The molecule has 2 rings (SSSR count). The Bertz CT molecular complexity index is 737. The highest BCUT2D eigenvalue weighted by molar-refractivity contribution is 7.98. The fourth-order valence-corrected chi connectivity index (χ4v) is 3.25. The van der Waals surface area contributed by atoms with Gasteiger partial charge in [-0.2, -0.15) is 0 Å². The van der Waals surface area contributed by atoms with Crippen LogP contribution in [0.3, 0.4) is 0 Å². The second-order valence-electron chi connectivity index (χ2n) is 7.26. The van der Waals surface area contributed by atoms with E-state index in [1.165, 1.54) is 10.5 Å². The first-order chi connectivity index (χ1) is 12.2. The zero-order chi connectivity index (χ0) is 19.2. The van der Waals surface area contributed by atoms with Gasteiger partial charge in [0, 0.05) is 28.8 Å². The highest BCUT2D eigenvalue weighted by Gasteiger charge is 2.18. The lowest BCUT2D eigenvalue weighted by molar-refractivity contribution is -0.122. The van der Waals surface area contributed by atoms with Crippen LogP contribution < -0.4 is 5.32 Å². The smallest absolute Gasteiger partial charge is 0.254 e. The molecule has 0 heterocycles. The molecule has 1 N–H and O–H groups in total. The summed E-state index contributed by atoms with van der Waals surface area (Å²) in [6.07, 6.45) is 0. The number of hydrogen-bond acceptors (Lipinski definition) is 3. The number of benzene rings is 2. The van der Waals surface area contributed by atoms with Gasteiger partial charge in [0.25, 0.3) is 5.91 Å². The van der Waals surface area contributed by atoms with E-state index in [0.29, 0.717) is 5.56 Å². The maximum atomic E-state index is 12.5. The van der Waals surface area contributed by atoms with E-state index in [-0.39, 0.29) is 23.9 Å². The lowest BCUT2D eigenvalue weighted by Crippen LogP contribution is -2.46. The number of thioether (sulfide) groups is 1. The van der Waals surface area contributed by atoms with Crippen molar-refractivity contribution >= 4 is 23.6 Å². The SMILES string of the molecule is CN(CC(=O)NC(C)(C)C)C(=O)c1ccc(SCc2ccccc2)cc1. The number of carbonyl (C=O) groups is 2. The van der Waals surface area contributed by atoms with E-state index in [2.05, 4.69) is 17.4 Å². The molecule has 0 bridgehead atoms. The monoisotopic (exact) mass is 370 g/mol. The molecule has 4 nitrogen and oxygen atoms in total. The average molecular weight is 371 g/mol. The Hall–Kier alpha value is -2.27. The van der Waals surface area contributed by atoms with Gasteiger partial charge in [-0.15, -0.1) is 11.8 Å². The summed E-state index contributed by atoms with van der Waals surface area (Å²) in [5.74, 6) is 0.568. The molecule has 26 heavy (non-hydrogen) atoms. The van der Waals surface area contributed by atoms with Gasteiger partial charge < -0.3 is 10.2 Å². The van der Waals surface area contributed by atoms with E-state index in [9.17, 15) is 9.59 Å². The van der Waals surface area contributed by atoms with Crippen LogP contribution in [0.4, 0.5) is 0 Å². The molecule has 2 amide bonds. The summed E-state index contributed by atoms with van der Waals surface area (Å²) in [6, 6.07) is 17.8. The van der Waals surface area contributed by atoms with E-state index in [0.717, 1.165) is 10.6 Å². The van der Waals surface area contributed by atoms with Gasteiger partial charge >= 0.3 is 0 Å². The van der Waals surface area contributed by atoms with Gasteiger partial charge in [-0.1, -0.05) is 30.3 Å². The van der Waals surface area contributed by atoms with Crippen LogP contribution in [0.2, 0.25) is 0 Å². The molecule has 0 radical (unpaired) electrons. The number of carbonyl (C=O) groups excluding carboxylic acids is 2. The van der Waals surface area contributed by atoms with Crippen LogP contribution in [-0.4, -0.2) is 35.8 Å². The molecule has 0 spiro atoms. The van der Waals surface area contributed by atoms with Crippen molar-refractivity contribution in [3.8, 4) is 0 Å². The van der Waals surface area contributed by atoms with Crippen LogP contribution in [0, 0.1) is 0 Å². The lowest BCUT2D eigenvalue weighted by Gasteiger charge is -2.23. The largest absolute Gasteiger partial charge is 0.350 e. The molecule has 0 fully saturated rings. The van der Waals surface area contributed by atoms with Crippen LogP contribution in [0.25, 0.3) is 0 Å². The van der Waals surface area contributed by atoms with Gasteiger partial charge in [-0.3, -0.25) is 9.59 Å². The molecular weight excluding hydrogens is 344 g/mol. The first-order valence-corrected chi connectivity index (χ1v) is 9.56. The van der Waals surface area contributed by atoms with Gasteiger partial charge in [0.15, 0.2) is 0 Å². The predicted molar refractivity (Wildman–Crippen MR) is 107 cm³/mol. The van der Waals surface area contributed by atoms with E-state index in [4.69, 9.17) is 0 Å². The van der Waals surface area contributed by atoms with Crippen LogP contribution >= 0.6 is 11.8 Å². The maximum Gasteiger partial charge on any atom is 0.254 e. The number of amides is 2. The third kappa shape index (κ3) is 6.56. The molecule has 0 saturated heterocycles. The van der Waals surface area contributed by atoms with Crippen molar-refractivity contribution in [2.45, 2.75) is 37.0 Å². The van der Waals surface area contributed by atoms with Crippen molar-refractivity contribution in [1.82, 2.24) is 10.2 Å². The molecule has 2 aromatic rings. The molecule has 0 saturated carbocycles. The highest BCUT2D eigenvalue weighted by Crippen LogP contribution is 2.23. The van der Waals surface area contributed by atoms with Gasteiger partial charge in [0.1, 0.15) is 0 Å². The molecule has 0 unspecified atom stereocenters. The molecule has 5 heteroatoms. The molecule has 2 aromatic carbocycles. The zero-order valence-corrected chi connectivity index (χ0v) is 16.6. The first-order valence-electron chi connectivity index (χ1n) is 8.58. The molecule has 0 aromatic heterocycles. The Balaban J connectivity index is 1.90. The van der Waals surface area contributed by atoms with Crippen LogP contribution in [-0.2, 0) is 10.5 Å². The van der Waals surface area contributed by atoms with Crippen LogP contribution in [0.15, 0.2) is 59.5 Å². The molecule has 138 valence electrons. The Labute approximate surface area is 160 Å². The van der Waals surface area contributed by atoms with Gasteiger partial charge in [0.05, 0.1) is 6.54 Å². The van der Waals surface area contributed by atoms with Crippen molar-refractivity contribution in [3.63, 3.8) is 0 Å². The minimum atomic E-state index is -0.307. The number of nitrogens with one attached hydrogen (secondary N) is 1. The number of likely N-dealkylation sites (N-methyl/N-ethyl adjacent to an activating group) is 1. The van der Waals surface area contributed by atoms with Crippen LogP contribution in [0.1, 0.15) is 36.7 Å². The molecular formula is C21H26N2O2S. The fraction of sp³-hybridized carbons (Fsp3) is 0.333. The summed E-state index contributed by atoms with van der Waals surface area (Å²) in [4.78, 5) is 27.0. The summed E-state index contributed by atoms with van der Waals surface area (Å²) in [5.41, 5.74) is 1.54. The number of hydrogen-bond donors (Lipinski definition) is 1. The van der Waals surface area contributed by atoms with Crippen molar-refractivity contribution in [3.05, 3.63) is 65.7 Å². The topological polar surface area (TPSA) is 49.4 Å². The first kappa shape index (κ1) is 20.0. The quantitative estimate of drug-likeness (QED) is 0.783. The predicted octanol–water partition coefficient (Wildman–Crippen LogP) is 3.97. The normalized spacial score (nSPS) is 11.1.